The van der Waals surface area contributed by atoms with Crippen LogP contribution in [0.15, 0.2) is 23.3 Å². The number of carbonyl (C=O) groups is 1. The number of aromatic nitrogens is 1. The molecule has 1 amide bonds. The number of hydrogen-bond donors (Lipinski definition) is 2. The number of ether oxygens (including phenoxy) is 1. The summed E-state index contributed by atoms with van der Waals surface area (Å²) in [4.78, 5) is 22.1. The van der Waals surface area contributed by atoms with Crippen LogP contribution in [0.2, 0.25) is 0 Å². The number of carbonyl (C=O) groups excluding carboxylic acids is 1. The van der Waals surface area contributed by atoms with E-state index in [1.807, 2.05) is 17.9 Å². The molecular weight excluding hydrogens is 270 g/mol. The van der Waals surface area contributed by atoms with E-state index >= 15 is 0 Å². The van der Waals surface area contributed by atoms with Gasteiger partial charge in [-0.15, -0.1) is 0 Å². The molecule has 7 heteroatoms. The zero-order valence-corrected chi connectivity index (χ0v) is 12.2. The Morgan fingerprint density at radius 1 is 1.48 bits per heavy atom. The van der Waals surface area contributed by atoms with Crippen molar-refractivity contribution in [3.63, 3.8) is 0 Å². The molecule has 1 saturated heterocycles. The van der Waals surface area contributed by atoms with Gasteiger partial charge in [0.25, 0.3) is 0 Å². The average Bonchev–Trinajstić information content (AvgIpc) is 2.50. The van der Waals surface area contributed by atoms with Crippen molar-refractivity contribution in [2.45, 2.75) is 13.3 Å². The average molecular weight is 291 g/mol. The Kier molecular flexibility index (Phi) is 5.51. The van der Waals surface area contributed by atoms with Gasteiger partial charge in [-0.25, -0.2) is 4.98 Å². The van der Waals surface area contributed by atoms with Gasteiger partial charge in [0.05, 0.1) is 19.8 Å². The predicted molar refractivity (Wildman–Crippen MR) is 81.1 cm³/mol. The zero-order chi connectivity index (χ0) is 15.1. The van der Waals surface area contributed by atoms with Crippen LogP contribution < -0.4 is 11.1 Å². The first-order valence-electron chi connectivity index (χ1n) is 7.00. The maximum atomic E-state index is 11.8. The fourth-order valence-corrected chi connectivity index (χ4v) is 1.91. The van der Waals surface area contributed by atoms with Gasteiger partial charge >= 0.3 is 0 Å². The number of morpholine rings is 1. The summed E-state index contributed by atoms with van der Waals surface area (Å²) >= 11 is 0. The Labute approximate surface area is 124 Å². The largest absolute Gasteiger partial charge is 0.378 e. The molecule has 1 fully saturated rings. The van der Waals surface area contributed by atoms with Gasteiger partial charge in [0.2, 0.25) is 5.91 Å². The van der Waals surface area contributed by atoms with Gasteiger partial charge in [-0.2, -0.15) is 0 Å². The van der Waals surface area contributed by atoms with Crippen LogP contribution in [0.25, 0.3) is 0 Å². The topological polar surface area (TPSA) is 92.8 Å². The van der Waals surface area contributed by atoms with E-state index in [2.05, 4.69) is 15.3 Å². The highest BCUT2D eigenvalue weighted by Crippen LogP contribution is 2.04. The van der Waals surface area contributed by atoms with E-state index in [4.69, 9.17) is 10.5 Å². The highest BCUT2D eigenvalue weighted by Gasteiger charge is 2.12. The predicted octanol–water partition coefficient (Wildman–Crippen LogP) is 0.366. The summed E-state index contributed by atoms with van der Waals surface area (Å²) < 4.78 is 5.24. The number of pyridine rings is 1. The van der Waals surface area contributed by atoms with E-state index in [-0.39, 0.29) is 12.3 Å². The minimum Gasteiger partial charge on any atom is -0.378 e. The quantitative estimate of drug-likeness (QED) is 0.617. The first-order valence-corrected chi connectivity index (χ1v) is 7.00. The van der Waals surface area contributed by atoms with Crippen LogP contribution in [0.1, 0.15) is 12.0 Å². The maximum absolute atomic E-state index is 11.8. The number of nitrogens with one attached hydrogen (secondary N) is 1. The van der Waals surface area contributed by atoms with Crippen LogP contribution in [0.4, 0.5) is 5.82 Å². The van der Waals surface area contributed by atoms with Crippen LogP contribution >= 0.6 is 0 Å². The lowest BCUT2D eigenvalue weighted by molar-refractivity contribution is -0.116. The number of hydrogen-bond acceptors (Lipinski definition) is 4. The second-order valence-corrected chi connectivity index (χ2v) is 4.86. The Morgan fingerprint density at radius 2 is 2.24 bits per heavy atom. The Bertz CT molecular complexity index is 495. The molecule has 0 aliphatic carbocycles. The van der Waals surface area contributed by atoms with E-state index in [1.165, 1.54) is 0 Å². The fourth-order valence-electron chi connectivity index (χ4n) is 1.91. The van der Waals surface area contributed by atoms with E-state index in [0.29, 0.717) is 31.5 Å². The van der Waals surface area contributed by atoms with Gasteiger partial charge in [-0.05, 0) is 18.6 Å². The van der Waals surface area contributed by atoms with Crippen LogP contribution in [0.3, 0.4) is 0 Å². The third-order valence-electron chi connectivity index (χ3n) is 3.13. The second-order valence-electron chi connectivity index (χ2n) is 4.86. The number of nitrogens with two attached hydrogens (primary N) is 1. The molecule has 0 radical (unpaired) electrons. The molecule has 0 saturated carbocycles. The summed E-state index contributed by atoms with van der Waals surface area (Å²) in [6.07, 6.45) is 1.99. The normalized spacial score (nSPS) is 15.9. The van der Waals surface area contributed by atoms with Crippen LogP contribution in [-0.2, 0) is 9.53 Å². The maximum Gasteiger partial charge on any atom is 0.227 e. The summed E-state index contributed by atoms with van der Waals surface area (Å²) in [6.45, 7) is 5.12. The molecule has 2 heterocycles. The van der Waals surface area contributed by atoms with Crippen molar-refractivity contribution in [2.24, 2.45) is 10.7 Å². The number of rotatable bonds is 4. The molecule has 7 nitrogen and oxygen atoms in total. The lowest BCUT2D eigenvalue weighted by Gasteiger charge is -2.27. The van der Waals surface area contributed by atoms with Crippen LogP contribution in [0.5, 0.6) is 0 Å². The van der Waals surface area contributed by atoms with Crippen molar-refractivity contribution < 1.29 is 9.53 Å². The lowest BCUT2D eigenvalue weighted by Crippen LogP contribution is -2.44. The second kappa shape index (κ2) is 7.58. The molecule has 1 aliphatic rings. The van der Waals surface area contributed by atoms with Crippen molar-refractivity contribution in [1.29, 1.82) is 0 Å². The van der Waals surface area contributed by atoms with E-state index in [0.717, 1.165) is 18.7 Å². The number of amides is 1. The monoisotopic (exact) mass is 291 g/mol. The summed E-state index contributed by atoms with van der Waals surface area (Å²) in [5.74, 6) is 0.903. The first-order chi connectivity index (χ1) is 10.1. The summed E-state index contributed by atoms with van der Waals surface area (Å²) in [5.41, 5.74) is 6.93. The third-order valence-corrected chi connectivity index (χ3v) is 3.13. The number of aryl methyl sites for hydroxylation is 1. The van der Waals surface area contributed by atoms with Crippen molar-refractivity contribution in [1.82, 2.24) is 9.88 Å². The van der Waals surface area contributed by atoms with Crippen LogP contribution in [0, 0.1) is 6.92 Å². The minimum absolute atomic E-state index is 0.120. The summed E-state index contributed by atoms with van der Waals surface area (Å²) in [5, 5.41) is 2.73. The van der Waals surface area contributed by atoms with E-state index in [9.17, 15) is 4.79 Å². The molecule has 1 aliphatic heterocycles. The molecule has 0 bridgehead atoms. The lowest BCUT2D eigenvalue weighted by atomic mass is 10.3. The van der Waals surface area contributed by atoms with Gasteiger partial charge in [0.15, 0.2) is 5.96 Å². The Hall–Kier alpha value is -2.15. The van der Waals surface area contributed by atoms with Crippen molar-refractivity contribution in [2.75, 3.05) is 38.2 Å². The molecule has 2 rings (SSSR count). The number of nitrogens with zero attached hydrogens (tertiary/aromatic N) is 3. The molecule has 21 heavy (non-hydrogen) atoms. The molecule has 1 aromatic heterocycles. The minimum atomic E-state index is -0.120. The molecule has 1 aromatic rings. The standard InChI is InChI=1S/C14H21N5O2/c1-11-2-3-12(17-10-11)18-13(20)4-5-16-14(15)19-6-8-21-9-7-19/h2-3,10H,4-9H2,1H3,(H2,15,16)(H,17,18,20). The Balaban J connectivity index is 1.74. The number of aliphatic imine (C=N–C) groups is 1. The molecule has 114 valence electrons. The van der Waals surface area contributed by atoms with Crippen molar-refractivity contribution in [3.8, 4) is 0 Å². The fraction of sp³-hybridized carbons (Fsp3) is 0.500. The molecule has 0 atom stereocenters. The van der Waals surface area contributed by atoms with Crippen molar-refractivity contribution >= 4 is 17.7 Å². The third kappa shape index (κ3) is 5.03. The van der Waals surface area contributed by atoms with Gasteiger partial charge in [-0.1, -0.05) is 6.07 Å². The van der Waals surface area contributed by atoms with Gasteiger partial charge in [-0.3, -0.25) is 9.79 Å². The van der Waals surface area contributed by atoms with Crippen LogP contribution in [-0.4, -0.2) is 54.6 Å². The SMILES string of the molecule is Cc1ccc(NC(=O)CCN=C(N)N2CCOCC2)nc1. The smallest absolute Gasteiger partial charge is 0.227 e. The van der Waals surface area contributed by atoms with Gasteiger partial charge < -0.3 is 20.7 Å². The number of anilines is 1. The highest BCUT2D eigenvalue weighted by atomic mass is 16.5. The highest BCUT2D eigenvalue weighted by molar-refractivity contribution is 5.90. The molecule has 0 spiro atoms. The summed E-state index contributed by atoms with van der Waals surface area (Å²) in [7, 11) is 0. The molecule has 0 unspecified atom stereocenters. The van der Waals surface area contributed by atoms with Crippen molar-refractivity contribution in [3.05, 3.63) is 23.9 Å². The van der Waals surface area contributed by atoms with E-state index in [1.54, 1.807) is 12.3 Å². The molecule has 3 N–H and O–H groups in total. The van der Waals surface area contributed by atoms with Gasteiger partial charge in [0, 0.05) is 25.7 Å². The number of guanidine groups is 1. The first kappa shape index (κ1) is 15.2. The van der Waals surface area contributed by atoms with E-state index < -0.39 is 0 Å². The van der Waals surface area contributed by atoms with Gasteiger partial charge in [0.1, 0.15) is 5.82 Å². The summed E-state index contributed by atoms with van der Waals surface area (Å²) in [6, 6.07) is 3.68. The molecular formula is C14H21N5O2. The zero-order valence-electron chi connectivity index (χ0n) is 12.2. The molecule has 0 aromatic carbocycles. The Morgan fingerprint density at radius 3 is 2.90 bits per heavy atom.